The molecule has 8 heteroatoms. The Morgan fingerprint density at radius 3 is 2.52 bits per heavy atom. The van der Waals surface area contributed by atoms with Crippen molar-refractivity contribution in [3.63, 3.8) is 0 Å². The van der Waals surface area contributed by atoms with E-state index in [1.54, 1.807) is 4.90 Å². The first-order valence-corrected chi connectivity index (χ1v) is 7.48. The van der Waals surface area contributed by atoms with Crippen molar-refractivity contribution >= 4 is 29.3 Å². The summed E-state index contributed by atoms with van der Waals surface area (Å²) in [6.07, 6.45) is -0.154. The van der Waals surface area contributed by atoms with E-state index in [0.717, 1.165) is 7.11 Å². The molecule has 0 bridgehead atoms. The fraction of sp³-hybridized carbons (Fsp3) is 0.467. The Morgan fingerprint density at radius 1 is 1.35 bits per heavy atom. The molecule has 1 heterocycles. The second-order valence-electron chi connectivity index (χ2n) is 5.40. The summed E-state index contributed by atoms with van der Waals surface area (Å²) in [4.78, 5) is 25.5. The number of anilines is 1. The van der Waals surface area contributed by atoms with Crippen LogP contribution in [0.15, 0.2) is 12.1 Å². The van der Waals surface area contributed by atoms with E-state index < -0.39 is 11.8 Å². The van der Waals surface area contributed by atoms with Crippen LogP contribution in [0.2, 0.25) is 5.02 Å². The normalized spacial score (nSPS) is 21.0. The summed E-state index contributed by atoms with van der Waals surface area (Å²) in [7, 11) is 1.14. The molecular weight excluding hydrogens is 327 g/mol. The van der Waals surface area contributed by atoms with Crippen LogP contribution in [0.25, 0.3) is 0 Å². The van der Waals surface area contributed by atoms with E-state index in [1.165, 1.54) is 12.1 Å². The quantitative estimate of drug-likeness (QED) is 0.838. The van der Waals surface area contributed by atoms with Gasteiger partial charge >= 0.3 is 12.0 Å². The molecule has 2 amide bonds. The van der Waals surface area contributed by atoms with Crippen molar-refractivity contribution in [3.8, 4) is 0 Å². The lowest BCUT2D eigenvalue weighted by atomic mass is 10.2. The Bertz CT molecular complexity index is 616. The molecule has 1 aliphatic rings. The highest BCUT2D eigenvalue weighted by Gasteiger charge is 2.26. The van der Waals surface area contributed by atoms with Crippen LogP contribution in [0.5, 0.6) is 0 Å². The molecular formula is C15H18ClFN2O4. The lowest BCUT2D eigenvalue weighted by molar-refractivity contribution is -0.0530. The monoisotopic (exact) mass is 344 g/mol. The molecule has 0 unspecified atom stereocenters. The summed E-state index contributed by atoms with van der Waals surface area (Å²) in [6, 6.07) is 2.07. The van der Waals surface area contributed by atoms with E-state index in [1.807, 2.05) is 13.8 Å². The average molecular weight is 345 g/mol. The standard InChI is InChI=1S/C15H18ClFN2O4/c1-8-6-19(7-9(2)23-8)15(21)18-10-4-11(14(20)22-3)13(17)12(16)5-10/h4-5,8-9H,6-7H2,1-3H3,(H,18,21)/t8-,9+. The number of carbonyl (C=O) groups is 2. The molecule has 6 nitrogen and oxygen atoms in total. The van der Waals surface area contributed by atoms with Crippen molar-refractivity contribution in [2.45, 2.75) is 26.1 Å². The van der Waals surface area contributed by atoms with Gasteiger partial charge in [0.05, 0.1) is 29.9 Å². The predicted molar refractivity (Wildman–Crippen MR) is 83.4 cm³/mol. The molecule has 1 saturated heterocycles. The van der Waals surface area contributed by atoms with Crippen molar-refractivity contribution in [1.29, 1.82) is 0 Å². The number of carbonyl (C=O) groups excluding carboxylic acids is 2. The van der Waals surface area contributed by atoms with E-state index in [0.29, 0.717) is 13.1 Å². The molecule has 2 rings (SSSR count). The number of esters is 1. The average Bonchev–Trinajstić information content (AvgIpc) is 2.48. The van der Waals surface area contributed by atoms with Crippen LogP contribution >= 0.6 is 11.6 Å². The number of benzene rings is 1. The van der Waals surface area contributed by atoms with Crippen molar-refractivity contribution in [1.82, 2.24) is 4.90 Å². The molecule has 1 aromatic carbocycles. The van der Waals surface area contributed by atoms with Crippen LogP contribution in [0, 0.1) is 5.82 Å². The third-order valence-corrected chi connectivity index (χ3v) is 3.67. The highest BCUT2D eigenvalue weighted by molar-refractivity contribution is 6.31. The van der Waals surface area contributed by atoms with Crippen LogP contribution < -0.4 is 5.32 Å². The maximum atomic E-state index is 13.8. The first-order valence-electron chi connectivity index (χ1n) is 7.10. The maximum Gasteiger partial charge on any atom is 0.340 e. The van der Waals surface area contributed by atoms with E-state index in [2.05, 4.69) is 10.1 Å². The van der Waals surface area contributed by atoms with Crippen molar-refractivity contribution in [2.75, 3.05) is 25.5 Å². The molecule has 1 N–H and O–H groups in total. The fourth-order valence-electron chi connectivity index (χ4n) is 2.47. The number of amides is 2. The van der Waals surface area contributed by atoms with Gasteiger partial charge in [0.25, 0.3) is 0 Å². The van der Waals surface area contributed by atoms with Gasteiger partial charge in [-0.25, -0.2) is 14.0 Å². The number of nitrogens with one attached hydrogen (secondary N) is 1. The maximum absolute atomic E-state index is 13.8. The minimum atomic E-state index is -0.884. The fourth-order valence-corrected chi connectivity index (χ4v) is 2.69. The number of methoxy groups -OCH3 is 1. The van der Waals surface area contributed by atoms with Gasteiger partial charge in [0.15, 0.2) is 5.82 Å². The Hall–Kier alpha value is -1.86. The number of urea groups is 1. The highest BCUT2D eigenvalue weighted by atomic mass is 35.5. The molecule has 1 aliphatic heterocycles. The number of morpholine rings is 1. The van der Waals surface area contributed by atoms with Crippen LogP contribution in [0.1, 0.15) is 24.2 Å². The molecule has 0 spiro atoms. The van der Waals surface area contributed by atoms with Gasteiger partial charge in [-0.3, -0.25) is 0 Å². The zero-order valence-electron chi connectivity index (χ0n) is 13.1. The van der Waals surface area contributed by atoms with Crippen molar-refractivity contribution in [2.24, 2.45) is 0 Å². The number of halogens is 2. The first-order chi connectivity index (χ1) is 10.8. The minimum Gasteiger partial charge on any atom is -0.465 e. The van der Waals surface area contributed by atoms with Gasteiger partial charge in [-0.1, -0.05) is 11.6 Å². The Morgan fingerprint density at radius 2 is 1.96 bits per heavy atom. The Labute approximate surface area is 138 Å². The smallest absolute Gasteiger partial charge is 0.340 e. The van der Waals surface area contributed by atoms with Crippen LogP contribution in [0.3, 0.4) is 0 Å². The third-order valence-electron chi connectivity index (χ3n) is 3.39. The molecule has 2 atom stereocenters. The van der Waals surface area contributed by atoms with Crippen molar-refractivity contribution < 1.29 is 23.5 Å². The topological polar surface area (TPSA) is 67.9 Å². The van der Waals surface area contributed by atoms with Gasteiger partial charge in [0.2, 0.25) is 0 Å². The van der Waals surface area contributed by atoms with Gasteiger partial charge < -0.3 is 19.7 Å². The minimum absolute atomic E-state index is 0.0769. The number of rotatable bonds is 2. The SMILES string of the molecule is COC(=O)c1cc(NC(=O)N2C[C@@H](C)O[C@@H](C)C2)cc(Cl)c1F. The first kappa shape index (κ1) is 17.5. The molecule has 0 aromatic heterocycles. The number of hydrogen-bond donors (Lipinski definition) is 1. The number of ether oxygens (including phenoxy) is 2. The number of nitrogens with zero attached hydrogens (tertiary/aromatic N) is 1. The molecule has 0 saturated carbocycles. The summed E-state index contributed by atoms with van der Waals surface area (Å²) in [5.74, 6) is -1.75. The lowest BCUT2D eigenvalue weighted by Gasteiger charge is -2.35. The summed E-state index contributed by atoms with van der Waals surface area (Å²) in [5, 5.41) is 2.34. The van der Waals surface area contributed by atoms with Crippen LogP contribution in [-0.2, 0) is 9.47 Å². The third kappa shape index (κ3) is 4.11. The largest absolute Gasteiger partial charge is 0.465 e. The van der Waals surface area contributed by atoms with E-state index in [4.69, 9.17) is 16.3 Å². The van der Waals surface area contributed by atoms with Crippen LogP contribution in [0.4, 0.5) is 14.9 Å². The zero-order valence-corrected chi connectivity index (χ0v) is 13.8. The molecule has 126 valence electrons. The summed E-state index contributed by atoms with van der Waals surface area (Å²) in [6.45, 7) is 4.63. The Kier molecular flexibility index (Phi) is 5.43. The molecule has 0 radical (unpaired) electrons. The van der Waals surface area contributed by atoms with Gasteiger partial charge in [-0.15, -0.1) is 0 Å². The van der Waals surface area contributed by atoms with Crippen molar-refractivity contribution in [3.05, 3.63) is 28.5 Å². The second-order valence-corrected chi connectivity index (χ2v) is 5.81. The number of hydrogen-bond acceptors (Lipinski definition) is 4. The lowest BCUT2D eigenvalue weighted by Crippen LogP contribution is -2.49. The predicted octanol–water partition coefficient (Wildman–Crippen LogP) is 2.91. The van der Waals surface area contributed by atoms with Gasteiger partial charge in [0.1, 0.15) is 0 Å². The summed E-state index contributed by atoms with van der Waals surface area (Å²) >= 11 is 5.77. The van der Waals surface area contributed by atoms with E-state index >= 15 is 0 Å². The zero-order chi connectivity index (χ0) is 17.1. The van der Waals surface area contributed by atoms with Gasteiger partial charge in [-0.2, -0.15) is 0 Å². The second kappa shape index (κ2) is 7.14. The Balaban J connectivity index is 2.18. The molecule has 1 fully saturated rings. The molecule has 23 heavy (non-hydrogen) atoms. The summed E-state index contributed by atoms with van der Waals surface area (Å²) < 4.78 is 23.9. The molecule has 1 aromatic rings. The summed E-state index contributed by atoms with van der Waals surface area (Å²) in [5.41, 5.74) is -0.118. The van der Waals surface area contributed by atoms with E-state index in [-0.39, 0.29) is 34.5 Å². The van der Waals surface area contributed by atoms with Crippen LogP contribution in [-0.4, -0.2) is 49.3 Å². The van der Waals surface area contributed by atoms with E-state index in [9.17, 15) is 14.0 Å². The van der Waals surface area contributed by atoms with Gasteiger partial charge in [0, 0.05) is 18.8 Å². The highest BCUT2D eigenvalue weighted by Crippen LogP contribution is 2.25. The van der Waals surface area contributed by atoms with Gasteiger partial charge in [-0.05, 0) is 26.0 Å². The molecule has 0 aliphatic carbocycles.